The molecule has 2 nitrogen and oxygen atoms in total. The van der Waals surface area contributed by atoms with Crippen LogP contribution in [0.15, 0.2) is 23.8 Å². The number of hydrogen-bond acceptors (Lipinski definition) is 2. The molecule has 22 heavy (non-hydrogen) atoms. The molecule has 0 spiro atoms. The van der Waals surface area contributed by atoms with Crippen LogP contribution in [-0.2, 0) is 4.79 Å². The molecule has 0 unspecified atom stereocenters. The van der Waals surface area contributed by atoms with Crippen molar-refractivity contribution in [1.82, 2.24) is 0 Å². The average molecular weight is 300 g/mol. The Balaban J connectivity index is 1.71. The molecule has 2 heteroatoms. The molecule has 0 aromatic heterocycles. The van der Waals surface area contributed by atoms with Gasteiger partial charge in [0.15, 0.2) is 5.78 Å². The fraction of sp³-hybridized carbons (Fsp3) is 0.750. The summed E-state index contributed by atoms with van der Waals surface area (Å²) in [7, 11) is 0. The van der Waals surface area contributed by atoms with Crippen molar-refractivity contribution >= 4 is 5.78 Å². The van der Waals surface area contributed by atoms with Gasteiger partial charge in [-0.15, -0.1) is 0 Å². The molecule has 4 aliphatic carbocycles. The number of aliphatic hydroxyl groups excluding tert-OH is 1. The summed E-state index contributed by atoms with van der Waals surface area (Å²) < 4.78 is 0. The van der Waals surface area contributed by atoms with Crippen molar-refractivity contribution in [2.45, 2.75) is 64.9 Å². The van der Waals surface area contributed by atoms with Crippen molar-refractivity contribution < 1.29 is 9.90 Å². The van der Waals surface area contributed by atoms with Crippen LogP contribution in [-0.4, -0.2) is 17.0 Å². The summed E-state index contributed by atoms with van der Waals surface area (Å²) >= 11 is 0. The van der Waals surface area contributed by atoms with Gasteiger partial charge in [-0.05, 0) is 73.7 Å². The Morgan fingerprint density at radius 2 is 1.86 bits per heavy atom. The van der Waals surface area contributed by atoms with Crippen LogP contribution in [0, 0.1) is 28.6 Å². The van der Waals surface area contributed by atoms with Gasteiger partial charge in [-0.1, -0.05) is 32.1 Å². The van der Waals surface area contributed by atoms with Gasteiger partial charge in [0.1, 0.15) is 0 Å². The zero-order valence-electron chi connectivity index (χ0n) is 13.9. The number of carbonyl (C=O) groups excluding carboxylic acids is 1. The van der Waals surface area contributed by atoms with Crippen molar-refractivity contribution in [3.8, 4) is 0 Å². The van der Waals surface area contributed by atoms with Crippen molar-refractivity contribution in [2.24, 2.45) is 28.6 Å². The van der Waals surface area contributed by atoms with Crippen LogP contribution in [0.2, 0.25) is 0 Å². The molecule has 0 saturated heterocycles. The number of allylic oxidation sites excluding steroid dienone is 2. The number of fused-ring (bicyclic) bond motifs is 5. The number of Topliss-reactive ketones (excluding diaryl/α,β-unsaturated/α-hetero) is 1. The Morgan fingerprint density at radius 3 is 2.64 bits per heavy atom. The second kappa shape index (κ2) is 4.56. The van der Waals surface area contributed by atoms with Crippen LogP contribution in [0.3, 0.4) is 0 Å². The minimum atomic E-state index is -0.145. The van der Waals surface area contributed by atoms with Crippen LogP contribution in [0.25, 0.3) is 0 Å². The first-order chi connectivity index (χ1) is 10.4. The van der Waals surface area contributed by atoms with Crippen LogP contribution >= 0.6 is 0 Å². The number of carbonyl (C=O) groups is 1. The Kier molecular flexibility index (Phi) is 3.05. The molecule has 0 amide bonds. The highest BCUT2D eigenvalue weighted by Gasteiger charge is 2.59. The number of ketones is 1. The molecule has 0 aromatic rings. The van der Waals surface area contributed by atoms with E-state index in [1.54, 1.807) is 0 Å². The van der Waals surface area contributed by atoms with E-state index in [4.69, 9.17) is 0 Å². The molecule has 0 radical (unpaired) electrons. The highest BCUT2D eigenvalue weighted by Crippen LogP contribution is 2.64. The SMILES string of the molecule is C=C1C[C@@H]2[C@@H]3CC=C4C[C@@H](O)CC[C@]4(C)[C@H]3CC[C@]2(C)C1=O. The van der Waals surface area contributed by atoms with E-state index in [1.165, 1.54) is 12.0 Å². The second-order valence-electron chi connectivity index (χ2n) is 8.75. The summed E-state index contributed by atoms with van der Waals surface area (Å²) in [6, 6.07) is 0. The molecular weight excluding hydrogens is 272 g/mol. The number of aliphatic hydroxyl groups is 1. The van der Waals surface area contributed by atoms with Gasteiger partial charge in [0.05, 0.1) is 6.10 Å². The number of rotatable bonds is 0. The van der Waals surface area contributed by atoms with Crippen LogP contribution in [0.5, 0.6) is 0 Å². The summed E-state index contributed by atoms with van der Waals surface area (Å²) in [6.07, 6.45) is 9.40. The maximum absolute atomic E-state index is 12.6. The Bertz CT molecular complexity index is 574. The largest absolute Gasteiger partial charge is 0.393 e. The summed E-state index contributed by atoms with van der Waals surface area (Å²) in [5.41, 5.74) is 2.48. The Hall–Kier alpha value is -0.890. The molecule has 1 N–H and O–H groups in total. The van der Waals surface area contributed by atoms with E-state index in [-0.39, 0.29) is 16.9 Å². The smallest absolute Gasteiger partial charge is 0.164 e. The molecule has 0 heterocycles. The van der Waals surface area contributed by atoms with E-state index in [0.717, 1.165) is 44.1 Å². The number of hydrogen-bond donors (Lipinski definition) is 1. The summed E-state index contributed by atoms with van der Waals surface area (Å²) in [4.78, 5) is 12.6. The minimum absolute atomic E-state index is 0.141. The highest BCUT2D eigenvalue weighted by atomic mass is 16.3. The lowest BCUT2D eigenvalue weighted by Crippen LogP contribution is -2.50. The lowest BCUT2D eigenvalue weighted by atomic mass is 9.48. The predicted octanol–water partition coefficient (Wildman–Crippen LogP) is 4.05. The average Bonchev–Trinajstić information content (AvgIpc) is 2.72. The van der Waals surface area contributed by atoms with Gasteiger partial charge in [-0.25, -0.2) is 0 Å². The van der Waals surface area contributed by atoms with Crippen molar-refractivity contribution in [3.05, 3.63) is 23.8 Å². The lowest BCUT2D eigenvalue weighted by Gasteiger charge is -2.56. The van der Waals surface area contributed by atoms with Gasteiger partial charge in [-0.2, -0.15) is 0 Å². The summed E-state index contributed by atoms with van der Waals surface area (Å²) in [5.74, 6) is 2.16. The maximum atomic E-state index is 12.6. The van der Waals surface area contributed by atoms with Gasteiger partial charge in [0.25, 0.3) is 0 Å². The van der Waals surface area contributed by atoms with E-state index in [0.29, 0.717) is 23.5 Å². The monoisotopic (exact) mass is 300 g/mol. The van der Waals surface area contributed by atoms with Crippen LogP contribution in [0.4, 0.5) is 0 Å². The molecule has 3 saturated carbocycles. The molecule has 0 bridgehead atoms. The molecule has 6 atom stereocenters. The zero-order chi connectivity index (χ0) is 15.7. The molecule has 0 aliphatic heterocycles. The van der Waals surface area contributed by atoms with Gasteiger partial charge in [-0.3, -0.25) is 4.79 Å². The second-order valence-corrected chi connectivity index (χ2v) is 8.75. The van der Waals surface area contributed by atoms with Crippen molar-refractivity contribution in [3.63, 3.8) is 0 Å². The van der Waals surface area contributed by atoms with Gasteiger partial charge in [0.2, 0.25) is 0 Å². The van der Waals surface area contributed by atoms with E-state index in [1.807, 2.05) is 0 Å². The zero-order valence-corrected chi connectivity index (χ0v) is 13.9. The third-order valence-electron chi connectivity index (χ3n) is 7.77. The topological polar surface area (TPSA) is 37.3 Å². The fourth-order valence-electron chi connectivity index (χ4n) is 6.38. The molecule has 0 aromatic carbocycles. The van der Waals surface area contributed by atoms with Gasteiger partial charge in [0, 0.05) is 5.41 Å². The lowest BCUT2D eigenvalue weighted by molar-refractivity contribution is -0.130. The Morgan fingerprint density at radius 1 is 1.14 bits per heavy atom. The third kappa shape index (κ3) is 1.73. The van der Waals surface area contributed by atoms with E-state index in [9.17, 15) is 9.90 Å². The molecule has 3 fully saturated rings. The molecular formula is C20H28O2. The van der Waals surface area contributed by atoms with E-state index < -0.39 is 0 Å². The van der Waals surface area contributed by atoms with Crippen molar-refractivity contribution in [1.29, 1.82) is 0 Å². The van der Waals surface area contributed by atoms with E-state index >= 15 is 0 Å². The first-order valence-electron chi connectivity index (χ1n) is 8.96. The van der Waals surface area contributed by atoms with Gasteiger partial charge >= 0.3 is 0 Å². The first-order valence-corrected chi connectivity index (χ1v) is 8.96. The van der Waals surface area contributed by atoms with Crippen LogP contribution in [0.1, 0.15) is 58.8 Å². The highest BCUT2D eigenvalue weighted by molar-refractivity contribution is 6.02. The fourth-order valence-corrected chi connectivity index (χ4v) is 6.38. The quantitative estimate of drug-likeness (QED) is 0.541. The van der Waals surface area contributed by atoms with Crippen molar-refractivity contribution in [2.75, 3.05) is 0 Å². The third-order valence-corrected chi connectivity index (χ3v) is 7.77. The summed E-state index contributed by atoms with van der Waals surface area (Å²) in [5, 5.41) is 10.0. The van der Waals surface area contributed by atoms with Gasteiger partial charge < -0.3 is 5.11 Å². The standard InChI is InChI=1S/C20H28O2/c1-12-10-17-15-5-4-13-11-14(21)6-8-19(13,2)16(15)7-9-20(17,3)18(12)22/h4,14-17,21H,1,5-11H2,2-3H3/t14-,15+,16-,17+,19-,20-/m0/s1. The molecule has 4 rings (SSSR count). The van der Waals surface area contributed by atoms with E-state index in [2.05, 4.69) is 26.5 Å². The first kappa shape index (κ1) is 14.7. The van der Waals surface area contributed by atoms with Crippen LogP contribution < -0.4 is 0 Å². The minimum Gasteiger partial charge on any atom is -0.393 e. The molecule has 120 valence electrons. The molecule has 4 aliphatic rings. The summed E-state index contributed by atoms with van der Waals surface area (Å²) in [6.45, 7) is 8.67. The Labute approximate surface area is 133 Å². The maximum Gasteiger partial charge on any atom is 0.164 e. The normalized spacial score (nSPS) is 51.0. The predicted molar refractivity (Wildman–Crippen MR) is 87.2 cm³/mol.